The monoisotopic (exact) mass is 392 g/mol. The van der Waals surface area contributed by atoms with Gasteiger partial charge in [0.15, 0.2) is 19.0 Å². The van der Waals surface area contributed by atoms with E-state index in [0.717, 1.165) is 0 Å². The molecule has 0 spiro atoms. The van der Waals surface area contributed by atoms with Crippen LogP contribution in [0.5, 0.6) is 0 Å². The minimum absolute atomic E-state index is 0. The van der Waals surface area contributed by atoms with E-state index in [0.29, 0.717) is 0 Å². The van der Waals surface area contributed by atoms with Gasteiger partial charge >= 0.3 is 23.9 Å². The third-order valence-corrected chi connectivity index (χ3v) is 1.60. The number of hydrogen-bond donors (Lipinski definition) is 8. The summed E-state index contributed by atoms with van der Waals surface area (Å²) in [6.45, 7) is -1.12. The molecule has 0 aliphatic carbocycles. The maximum Gasteiger partial charge on any atom is 0.337 e. The molecule has 0 rings (SSSR count). The molecule has 0 saturated carbocycles. The Kier molecular flexibility index (Phi) is 30.4. The summed E-state index contributed by atoms with van der Waals surface area (Å²) in [6, 6.07) is 0. The summed E-state index contributed by atoms with van der Waals surface area (Å²) in [5.41, 5.74) is 0. The van der Waals surface area contributed by atoms with Gasteiger partial charge in [0, 0.05) is 0 Å². The summed E-state index contributed by atoms with van der Waals surface area (Å²) in [5.74, 6) is -5.30. The number of ether oxygens (including phenoxy) is 1. The maximum absolute atomic E-state index is 10.4. The number of carboxylic acids is 3. The number of aliphatic hydroxyl groups excluding tert-OH is 5. The van der Waals surface area contributed by atoms with Gasteiger partial charge in [-0.3, -0.25) is 9.59 Å². The highest BCUT2D eigenvalue weighted by Crippen LogP contribution is 1.94. The maximum atomic E-state index is 10.4. The predicted molar refractivity (Wildman–Crippen MR) is 85.0 cm³/mol. The summed E-state index contributed by atoms with van der Waals surface area (Å²) < 4.78 is 3.91. The summed E-state index contributed by atoms with van der Waals surface area (Å²) in [6.07, 6.45) is -4.98. The third-order valence-electron chi connectivity index (χ3n) is 1.60. The molecule has 0 amide bonds. The quantitative estimate of drug-likeness (QED) is 0.157. The number of carbonyl (C=O) groups excluding carboxylic acids is 1. The van der Waals surface area contributed by atoms with Crippen LogP contribution in [0.1, 0.15) is 27.7 Å². The van der Waals surface area contributed by atoms with Crippen molar-refractivity contribution in [1.82, 2.24) is 0 Å². The molecular formula is C13H28O13. The van der Waals surface area contributed by atoms with E-state index in [1.165, 1.54) is 0 Å². The van der Waals surface area contributed by atoms with Crippen LogP contribution in [0.4, 0.5) is 0 Å². The normalized spacial score (nSPS) is 10.7. The molecule has 0 heterocycles. The fraction of sp³-hybridized carbons (Fsp3) is 0.692. The molecule has 0 bridgehead atoms. The minimum atomic E-state index is -1.79. The molecular weight excluding hydrogens is 364 g/mol. The van der Waals surface area contributed by atoms with Crippen LogP contribution in [0, 0.1) is 0 Å². The number of esters is 1. The van der Waals surface area contributed by atoms with Gasteiger partial charge in [0.25, 0.3) is 0 Å². The average molecular weight is 392 g/mol. The van der Waals surface area contributed by atoms with Gasteiger partial charge in [-0.25, -0.2) is 9.59 Å². The Labute approximate surface area is 149 Å². The van der Waals surface area contributed by atoms with E-state index < -0.39 is 55.7 Å². The zero-order valence-electron chi connectivity index (χ0n) is 12.3. The summed E-state index contributed by atoms with van der Waals surface area (Å²) >= 11 is 0. The third kappa shape index (κ3) is 29.7. The second kappa shape index (κ2) is 22.7. The van der Waals surface area contributed by atoms with E-state index in [4.69, 9.17) is 40.9 Å². The van der Waals surface area contributed by atoms with E-state index >= 15 is 0 Å². The summed E-state index contributed by atoms with van der Waals surface area (Å²) in [7, 11) is 0. The molecule has 13 heteroatoms. The fourth-order valence-corrected chi connectivity index (χ4v) is 0.661. The largest absolute Gasteiger partial charge is 0.481 e. The lowest BCUT2D eigenvalue weighted by molar-refractivity contribution is -0.165. The second-order valence-corrected chi connectivity index (χ2v) is 3.61. The van der Waals surface area contributed by atoms with Crippen molar-refractivity contribution in [3.63, 3.8) is 0 Å². The van der Waals surface area contributed by atoms with Crippen molar-refractivity contribution in [2.24, 2.45) is 0 Å². The van der Waals surface area contributed by atoms with Gasteiger partial charge in [-0.2, -0.15) is 0 Å². The molecule has 0 radical (unpaired) electrons. The van der Waals surface area contributed by atoms with Crippen LogP contribution in [-0.4, -0.2) is 96.9 Å². The Bertz CT molecular complexity index is 380. The number of aliphatic hydroxyl groups is 5. The first-order valence-electron chi connectivity index (χ1n) is 6.05. The van der Waals surface area contributed by atoms with Gasteiger partial charge < -0.3 is 45.6 Å². The smallest absolute Gasteiger partial charge is 0.337 e. The zero-order chi connectivity index (χ0) is 19.7. The van der Waals surface area contributed by atoms with Crippen molar-refractivity contribution in [3.8, 4) is 0 Å². The highest BCUT2D eigenvalue weighted by molar-refractivity contribution is 5.80. The molecule has 0 aromatic rings. The lowest BCUT2D eigenvalue weighted by atomic mass is 10.2. The van der Waals surface area contributed by atoms with Crippen LogP contribution in [0.2, 0.25) is 0 Å². The first-order valence-corrected chi connectivity index (χ1v) is 6.05. The number of carboxylic acid groups (broad SMARTS) is 3. The second-order valence-electron chi connectivity index (χ2n) is 3.61. The van der Waals surface area contributed by atoms with E-state index in [1.54, 1.807) is 0 Å². The first-order chi connectivity index (χ1) is 11.0. The van der Waals surface area contributed by atoms with E-state index in [-0.39, 0.29) is 28.1 Å². The zero-order valence-corrected chi connectivity index (χ0v) is 12.3. The Balaban J connectivity index is -0.0000000892. The highest BCUT2D eigenvalue weighted by atomic mass is 16.6. The Morgan fingerprint density at radius 2 is 1.08 bits per heavy atom. The van der Waals surface area contributed by atoms with Crippen LogP contribution in [0.15, 0.2) is 0 Å². The molecule has 0 aromatic carbocycles. The van der Waals surface area contributed by atoms with Crippen molar-refractivity contribution in [2.75, 3.05) is 20.0 Å². The molecule has 158 valence electrons. The molecule has 0 aliphatic heterocycles. The first kappa shape index (κ1) is 34.9. The summed E-state index contributed by atoms with van der Waals surface area (Å²) in [5, 5.41) is 64.1. The number of hydrogen-bond acceptors (Lipinski definition) is 10. The van der Waals surface area contributed by atoms with Gasteiger partial charge in [0.2, 0.25) is 0 Å². The molecule has 2 atom stereocenters. The standard InChI is InChI=1S/C5H8O6.C4H6O5.C2H6O2.2CH4/c6-2-11-5(10)3(7)1-4(8)9;5-2(4(8)9)1-3(6)7;3-1-2-4;;/h3,6-7H,1-2H2,(H,8,9);2,5H,1H2,(H,6,7)(H,8,9);3-4H,1-2H2;2*1H4. The molecule has 26 heavy (non-hydrogen) atoms. The van der Waals surface area contributed by atoms with Gasteiger partial charge in [-0.05, 0) is 0 Å². The van der Waals surface area contributed by atoms with Crippen molar-refractivity contribution in [1.29, 1.82) is 0 Å². The van der Waals surface area contributed by atoms with Crippen LogP contribution < -0.4 is 0 Å². The Morgan fingerprint density at radius 1 is 0.731 bits per heavy atom. The van der Waals surface area contributed by atoms with Crippen molar-refractivity contribution in [3.05, 3.63) is 0 Å². The van der Waals surface area contributed by atoms with Gasteiger partial charge in [-0.15, -0.1) is 0 Å². The minimum Gasteiger partial charge on any atom is -0.481 e. The van der Waals surface area contributed by atoms with Gasteiger partial charge in [-0.1, -0.05) is 14.9 Å². The van der Waals surface area contributed by atoms with E-state index in [2.05, 4.69) is 4.74 Å². The average Bonchev–Trinajstić information content (AvgIpc) is 2.47. The lowest BCUT2D eigenvalue weighted by Crippen LogP contribution is -2.26. The number of carbonyl (C=O) groups is 4. The SMILES string of the molecule is C.C.O=C(O)CC(O)C(=O)O.O=C(O)CC(O)C(=O)OCO.OCCO. The number of rotatable bonds is 8. The number of aliphatic carboxylic acids is 3. The van der Waals surface area contributed by atoms with E-state index in [9.17, 15) is 19.2 Å². The topological polar surface area (TPSA) is 239 Å². The molecule has 0 aromatic heterocycles. The van der Waals surface area contributed by atoms with Crippen molar-refractivity contribution >= 4 is 23.9 Å². The van der Waals surface area contributed by atoms with Gasteiger partial charge in [0.05, 0.1) is 26.1 Å². The van der Waals surface area contributed by atoms with Gasteiger partial charge in [0.1, 0.15) is 0 Å². The summed E-state index contributed by atoms with van der Waals surface area (Å²) in [4.78, 5) is 39.7. The molecule has 0 aliphatic rings. The molecule has 2 unspecified atom stereocenters. The molecule has 0 fully saturated rings. The van der Waals surface area contributed by atoms with Crippen LogP contribution >= 0.6 is 0 Å². The van der Waals surface area contributed by atoms with Crippen molar-refractivity contribution in [2.45, 2.75) is 39.9 Å². The van der Waals surface area contributed by atoms with Crippen LogP contribution in [-0.2, 0) is 23.9 Å². The molecule has 0 saturated heterocycles. The highest BCUT2D eigenvalue weighted by Gasteiger charge is 2.19. The molecule has 13 nitrogen and oxygen atoms in total. The van der Waals surface area contributed by atoms with Crippen LogP contribution in [0.25, 0.3) is 0 Å². The van der Waals surface area contributed by atoms with Crippen LogP contribution in [0.3, 0.4) is 0 Å². The fourth-order valence-electron chi connectivity index (χ4n) is 0.661. The Morgan fingerprint density at radius 3 is 1.27 bits per heavy atom. The molecule has 8 N–H and O–H groups in total. The lowest BCUT2D eigenvalue weighted by Gasteiger charge is -2.04. The predicted octanol–water partition coefficient (Wildman–Crippen LogP) is -2.54. The van der Waals surface area contributed by atoms with Crippen molar-refractivity contribution < 1.29 is 64.8 Å². The Hall–Kier alpha value is -2.32. The van der Waals surface area contributed by atoms with E-state index in [1.807, 2.05) is 0 Å².